The maximum absolute atomic E-state index is 6.05. The quantitative estimate of drug-likeness (QED) is 0.838. The predicted octanol–water partition coefficient (Wildman–Crippen LogP) is 3.16. The number of anilines is 1. The van der Waals surface area contributed by atoms with E-state index in [9.17, 15) is 0 Å². The van der Waals surface area contributed by atoms with Gasteiger partial charge in [0.25, 0.3) is 0 Å². The first kappa shape index (κ1) is 14.8. The van der Waals surface area contributed by atoms with Crippen molar-refractivity contribution in [2.45, 2.75) is 25.9 Å². The van der Waals surface area contributed by atoms with Crippen LogP contribution in [0.2, 0.25) is 10.0 Å². The van der Waals surface area contributed by atoms with Gasteiger partial charge in [0.15, 0.2) is 10.9 Å². The zero-order valence-electron chi connectivity index (χ0n) is 10.5. The monoisotopic (exact) mass is 319 g/mol. The molecule has 0 amide bonds. The molecule has 0 radical (unpaired) electrons. The minimum Gasteiger partial charge on any atom is -0.376 e. The topological polar surface area (TPSA) is 46.2 Å². The molecule has 1 unspecified atom stereocenters. The highest BCUT2D eigenvalue weighted by Crippen LogP contribution is 2.25. The molecule has 2 heterocycles. The Bertz CT molecular complexity index is 478. The molecule has 1 aliphatic rings. The number of aromatic nitrogens is 1. The fraction of sp³-hybridized carbons (Fsp3) is 0.500. The van der Waals surface area contributed by atoms with Gasteiger partial charge in [-0.15, -0.1) is 0 Å². The molecule has 7 heteroatoms. The van der Waals surface area contributed by atoms with Gasteiger partial charge in [0, 0.05) is 13.2 Å². The van der Waals surface area contributed by atoms with Crippen molar-refractivity contribution in [3.63, 3.8) is 0 Å². The van der Waals surface area contributed by atoms with Crippen molar-refractivity contribution in [1.29, 1.82) is 0 Å². The lowest BCUT2D eigenvalue weighted by atomic mass is 10.2. The van der Waals surface area contributed by atoms with E-state index in [1.807, 2.05) is 6.92 Å². The lowest BCUT2D eigenvalue weighted by Crippen LogP contribution is -2.35. The predicted molar refractivity (Wildman–Crippen MR) is 82.2 cm³/mol. The van der Waals surface area contributed by atoms with Gasteiger partial charge >= 0.3 is 0 Å². The maximum atomic E-state index is 6.05. The van der Waals surface area contributed by atoms with Crippen molar-refractivity contribution < 1.29 is 4.74 Å². The number of hydrogen-bond acceptors (Lipinski definition) is 3. The third-order valence-electron chi connectivity index (χ3n) is 2.85. The zero-order valence-corrected chi connectivity index (χ0v) is 12.8. The highest BCUT2D eigenvalue weighted by atomic mass is 35.5. The van der Waals surface area contributed by atoms with Gasteiger partial charge in [-0.25, -0.2) is 4.98 Å². The van der Waals surface area contributed by atoms with E-state index in [1.165, 1.54) is 0 Å². The minimum absolute atomic E-state index is 0.232. The summed E-state index contributed by atoms with van der Waals surface area (Å²) in [5.74, 6) is 0.508. The van der Waals surface area contributed by atoms with Crippen molar-refractivity contribution in [2.24, 2.45) is 0 Å². The van der Waals surface area contributed by atoms with Crippen LogP contribution in [0.1, 0.15) is 18.5 Å². The molecule has 0 saturated carbocycles. The third-order valence-corrected chi connectivity index (χ3v) is 3.77. The number of ether oxygens (including phenoxy) is 1. The molecule has 2 N–H and O–H groups in total. The Morgan fingerprint density at radius 3 is 3.00 bits per heavy atom. The molecular weight excluding hydrogens is 305 g/mol. The smallest absolute Gasteiger partial charge is 0.172 e. The fourth-order valence-electron chi connectivity index (χ4n) is 1.81. The lowest BCUT2D eigenvalue weighted by Gasteiger charge is -2.14. The summed E-state index contributed by atoms with van der Waals surface area (Å²) in [6.07, 6.45) is 2.40. The molecule has 1 aromatic rings. The molecule has 1 saturated heterocycles. The van der Waals surface area contributed by atoms with Gasteiger partial charge in [-0.2, -0.15) is 0 Å². The van der Waals surface area contributed by atoms with Crippen molar-refractivity contribution in [1.82, 2.24) is 10.3 Å². The van der Waals surface area contributed by atoms with Gasteiger partial charge in [-0.3, -0.25) is 0 Å². The van der Waals surface area contributed by atoms with Gasteiger partial charge in [-0.05, 0) is 38.0 Å². The summed E-state index contributed by atoms with van der Waals surface area (Å²) in [5, 5.41) is 7.52. The van der Waals surface area contributed by atoms with Crippen molar-refractivity contribution in [2.75, 3.05) is 18.5 Å². The Morgan fingerprint density at radius 1 is 1.53 bits per heavy atom. The molecule has 1 aromatic heterocycles. The Labute approximate surface area is 127 Å². The van der Waals surface area contributed by atoms with Crippen LogP contribution in [0.15, 0.2) is 6.07 Å². The van der Waals surface area contributed by atoms with Crippen LogP contribution >= 0.6 is 35.4 Å². The number of rotatable bonds is 3. The van der Waals surface area contributed by atoms with E-state index < -0.39 is 0 Å². The van der Waals surface area contributed by atoms with Crippen LogP contribution in [0.4, 0.5) is 5.82 Å². The van der Waals surface area contributed by atoms with Gasteiger partial charge in [0.05, 0.1) is 21.8 Å². The molecule has 1 atom stereocenters. The summed E-state index contributed by atoms with van der Waals surface area (Å²) < 4.78 is 5.50. The van der Waals surface area contributed by atoms with Crippen molar-refractivity contribution >= 4 is 46.4 Å². The molecule has 0 bridgehead atoms. The van der Waals surface area contributed by atoms with Crippen LogP contribution in [-0.2, 0) is 4.74 Å². The highest BCUT2D eigenvalue weighted by Gasteiger charge is 2.15. The Hall–Kier alpha value is -0.620. The molecule has 1 aliphatic heterocycles. The van der Waals surface area contributed by atoms with E-state index in [0.29, 0.717) is 33.2 Å². The van der Waals surface area contributed by atoms with E-state index in [0.717, 1.165) is 19.4 Å². The molecular formula is C12H15Cl2N3OS. The molecule has 4 nitrogen and oxygen atoms in total. The van der Waals surface area contributed by atoms with E-state index in [2.05, 4.69) is 15.6 Å². The SMILES string of the molecule is Cc1nc(NC(=S)NCC2CCCO2)c(Cl)cc1Cl. The summed E-state index contributed by atoms with van der Waals surface area (Å²) in [6, 6.07) is 1.65. The first-order valence-corrected chi connectivity index (χ1v) is 7.22. The van der Waals surface area contributed by atoms with E-state index >= 15 is 0 Å². The van der Waals surface area contributed by atoms with Crippen molar-refractivity contribution in [3.05, 3.63) is 21.8 Å². The Balaban J connectivity index is 1.89. The summed E-state index contributed by atoms with van der Waals surface area (Å²) >= 11 is 17.2. The average Bonchev–Trinajstić information content (AvgIpc) is 2.86. The Kier molecular flexibility index (Phi) is 5.21. The first-order chi connectivity index (χ1) is 9.06. The molecule has 0 aliphatic carbocycles. The standard InChI is InChI=1S/C12H15Cl2N3OS/c1-7-9(13)5-10(14)11(16-7)17-12(19)15-6-8-3-2-4-18-8/h5,8H,2-4,6H2,1H3,(H2,15,16,17,19). The second-order valence-corrected chi connectivity index (χ2v) is 5.58. The number of hydrogen-bond donors (Lipinski definition) is 2. The number of nitrogens with one attached hydrogen (secondary N) is 2. The highest BCUT2D eigenvalue weighted by molar-refractivity contribution is 7.80. The molecule has 19 heavy (non-hydrogen) atoms. The summed E-state index contributed by atoms with van der Waals surface area (Å²) in [4.78, 5) is 4.26. The van der Waals surface area contributed by atoms with E-state index in [1.54, 1.807) is 6.07 Å². The molecule has 0 spiro atoms. The number of aryl methyl sites for hydroxylation is 1. The molecule has 0 aromatic carbocycles. The minimum atomic E-state index is 0.232. The first-order valence-electron chi connectivity index (χ1n) is 6.05. The van der Waals surface area contributed by atoms with Gasteiger partial charge in [0.2, 0.25) is 0 Å². The number of nitrogens with zero attached hydrogens (tertiary/aromatic N) is 1. The fourth-order valence-corrected chi connectivity index (χ4v) is 2.40. The van der Waals surface area contributed by atoms with Crippen molar-refractivity contribution in [3.8, 4) is 0 Å². The van der Waals surface area contributed by atoms with Gasteiger partial charge in [-0.1, -0.05) is 23.2 Å². The van der Waals surface area contributed by atoms with Gasteiger partial charge < -0.3 is 15.4 Å². The summed E-state index contributed by atoms with van der Waals surface area (Å²) in [7, 11) is 0. The maximum Gasteiger partial charge on any atom is 0.172 e. The third kappa shape index (κ3) is 4.18. The van der Waals surface area contributed by atoms with Crippen LogP contribution < -0.4 is 10.6 Å². The van der Waals surface area contributed by atoms with Crippen LogP contribution in [0.25, 0.3) is 0 Å². The van der Waals surface area contributed by atoms with Gasteiger partial charge in [0.1, 0.15) is 0 Å². The summed E-state index contributed by atoms with van der Waals surface area (Å²) in [6.45, 7) is 3.33. The summed E-state index contributed by atoms with van der Waals surface area (Å²) in [5.41, 5.74) is 0.704. The average molecular weight is 320 g/mol. The largest absolute Gasteiger partial charge is 0.376 e. The number of halogens is 2. The molecule has 104 valence electrons. The number of pyridine rings is 1. The molecule has 2 rings (SSSR count). The van der Waals surface area contributed by atoms with Crippen LogP contribution in [0.3, 0.4) is 0 Å². The second kappa shape index (κ2) is 6.70. The lowest BCUT2D eigenvalue weighted by molar-refractivity contribution is 0.114. The number of thiocarbonyl (C=S) groups is 1. The van der Waals surface area contributed by atoms with Crippen LogP contribution in [0, 0.1) is 6.92 Å². The van der Waals surface area contributed by atoms with Crippen LogP contribution in [0.5, 0.6) is 0 Å². The van der Waals surface area contributed by atoms with Crippen LogP contribution in [-0.4, -0.2) is 29.4 Å². The normalized spacial score (nSPS) is 18.4. The van der Waals surface area contributed by atoms with E-state index in [-0.39, 0.29) is 6.10 Å². The Morgan fingerprint density at radius 2 is 2.32 bits per heavy atom. The second-order valence-electron chi connectivity index (χ2n) is 4.36. The molecule has 1 fully saturated rings. The zero-order chi connectivity index (χ0) is 13.8. The van der Waals surface area contributed by atoms with E-state index in [4.69, 9.17) is 40.2 Å².